The van der Waals surface area contributed by atoms with E-state index in [4.69, 9.17) is 9.47 Å². The van der Waals surface area contributed by atoms with Crippen molar-refractivity contribution >= 4 is 11.9 Å². The fraction of sp³-hybridized carbons (Fsp3) is 0.556. The molecule has 1 fully saturated rings. The fourth-order valence-electron chi connectivity index (χ4n) is 5.62. The van der Waals surface area contributed by atoms with Gasteiger partial charge in [0.25, 0.3) is 0 Å². The molecule has 0 saturated heterocycles. The van der Waals surface area contributed by atoms with Crippen molar-refractivity contribution < 1.29 is 19.1 Å². The summed E-state index contributed by atoms with van der Waals surface area (Å²) in [4.78, 5) is 27.1. The Morgan fingerprint density at radius 2 is 1.03 bits per heavy atom. The van der Waals surface area contributed by atoms with Gasteiger partial charge >= 0.3 is 11.9 Å². The number of hydrogen-bond donors (Lipinski definition) is 0. The monoisotopic (exact) mass is 422 g/mol. The van der Waals surface area contributed by atoms with Gasteiger partial charge in [0.15, 0.2) is 0 Å². The molecule has 0 aromatic heterocycles. The van der Waals surface area contributed by atoms with Crippen LogP contribution in [-0.2, 0) is 19.1 Å². The first-order valence-electron chi connectivity index (χ1n) is 11.4. The van der Waals surface area contributed by atoms with E-state index in [-0.39, 0.29) is 41.0 Å². The molecule has 4 aliphatic rings. The Bertz CT molecular complexity index is 848. The molecule has 0 N–H and O–H groups in total. The van der Waals surface area contributed by atoms with Crippen molar-refractivity contribution in [3.05, 3.63) is 60.8 Å². The second-order valence-corrected chi connectivity index (χ2v) is 10.6. The number of ether oxygens (including phenoxy) is 2. The molecule has 0 spiro atoms. The molecule has 31 heavy (non-hydrogen) atoms. The van der Waals surface area contributed by atoms with Crippen molar-refractivity contribution in [1.82, 2.24) is 0 Å². The summed E-state index contributed by atoms with van der Waals surface area (Å²) >= 11 is 0. The predicted octanol–water partition coefficient (Wildman–Crippen LogP) is 5.19. The molecular formula is C27H34O4. The van der Waals surface area contributed by atoms with E-state index in [0.29, 0.717) is 0 Å². The standard InChI is InChI=1S/C27H34O4/c1-17-11-7-9-15-26(17,5)30-23(28)21-19-13-14-20(25(19,3)4)22(21)24(29)31-27(6)16-10-8-12-18(27)2/h7-22H,1-6H3. The van der Waals surface area contributed by atoms with Crippen molar-refractivity contribution in [1.29, 1.82) is 0 Å². The first kappa shape index (κ1) is 21.9. The van der Waals surface area contributed by atoms with Gasteiger partial charge in [-0.2, -0.15) is 0 Å². The van der Waals surface area contributed by atoms with E-state index in [2.05, 4.69) is 26.0 Å². The SMILES string of the molecule is CC1C=CC=CC1(C)OC(=O)C1C(C(=O)OC2(C)C=CC=CC2C)C2C=CC1C2(C)C. The lowest BCUT2D eigenvalue weighted by molar-refractivity contribution is -0.175. The van der Waals surface area contributed by atoms with Crippen LogP contribution in [0.3, 0.4) is 0 Å². The van der Waals surface area contributed by atoms with Crippen molar-refractivity contribution in [2.24, 2.45) is 40.9 Å². The quantitative estimate of drug-likeness (QED) is 0.462. The van der Waals surface area contributed by atoms with Crippen molar-refractivity contribution in [2.75, 3.05) is 0 Å². The van der Waals surface area contributed by atoms with E-state index in [9.17, 15) is 9.59 Å². The van der Waals surface area contributed by atoms with Gasteiger partial charge in [0.2, 0.25) is 0 Å². The summed E-state index contributed by atoms with van der Waals surface area (Å²) in [5, 5.41) is 0. The lowest BCUT2D eigenvalue weighted by Crippen LogP contribution is -2.45. The zero-order valence-electron chi connectivity index (χ0n) is 19.4. The van der Waals surface area contributed by atoms with Gasteiger partial charge in [-0.3, -0.25) is 9.59 Å². The highest BCUT2D eigenvalue weighted by atomic mass is 16.6. The summed E-state index contributed by atoms with van der Waals surface area (Å²) in [6.45, 7) is 12.2. The summed E-state index contributed by atoms with van der Waals surface area (Å²) in [6, 6.07) is 0. The maximum absolute atomic E-state index is 13.5. The number of hydrogen-bond acceptors (Lipinski definition) is 4. The highest BCUT2D eigenvalue weighted by molar-refractivity contribution is 5.85. The number of rotatable bonds is 4. The Morgan fingerprint density at radius 3 is 1.39 bits per heavy atom. The Balaban J connectivity index is 1.60. The minimum atomic E-state index is -0.715. The summed E-state index contributed by atoms with van der Waals surface area (Å²) in [7, 11) is 0. The molecule has 4 nitrogen and oxygen atoms in total. The lowest BCUT2D eigenvalue weighted by Gasteiger charge is -2.37. The largest absolute Gasteiger partial charge is 0.454 e. The Hall–Kier alpha value is -2.36. The molecule has 4 rings (SSSR count). The molecule has 1 saturated carbocycles. The zero-order valence-corrected chi connectivity index (χ0v) is 19.4. The first-order valence-corrected chi connectivity index (χ1v) is 11.4. The van der Waals surface area contributed by atoms with E-state index in [0.717, 1.165) is 0 Å². The molecule has 0 radical (unpaired) electrons. The average molecular weight is 423 g/mol. The van der Waals surface area contributed by atoms with E-state index >= 15 is 0 Å². The van der Waals surface area contributed by atoms with E-state index in [1.807, 2.05) is 76.3 Å². The number of fused-ring (bicyclic) bond motifs is 2. The van der Waals surface area contributed by atoms with E-state index in [1.165, 1.54) is 0 Å². The summed E-state index contributed by atoms with van der Waals surface area (Å²) in [5.41, 5.74) is -1.63. The van der Waals surface area contributed by atoms with Gasteiger partial charge in [-0.1, -0.05) is 76.3 Å². The molecule has 166 valence electrons. The molecule has 4 heteroatoms. The van der Waals surface area contributed by atoms with Crippen LogP contribution in [0.15, 0.2) is 60.8 Å². The summed E-state index contributed by atoms with van der Waals surface area (Å²) in [5.74, 6) is -1.66. The minimum absolute atomic E-state index is 0.0448. The third-order valence-electron chi connectivity index (χ3n) is 8.27. The van der Waals surface area contributed by atoms with Crippen LogP contribution >= 0.6 is 0 Å². The normalized spacial score (nSPS) is 43.9. The van der Waals surface area contributed by atoms with Crippen LogP contribution in [0.1, 0.15) is 41.5 Å². The van der Waals surface area contributed by atoms with Gasteiger partial charge in [-0.25, -0.2) is 0 Å². The molecule has 0 aromatic carbocycles. The van der Waals surface area contributed by atoms with Gasteiger partial charge < -0.3 is 9.47 Å². The topological polar surface area (TPSA) is 52.6 Å². The van der Waals surface area contributed by atoms with Crippen LogP contribution in [-0.4, -0.2) is 23.1 Å². The maximum atomic E-state index is 13.5. The van der Waals surface area contributed by atoms with Crippen LogP contribution in [0.2, 0.25) is 0 Å². The number of esters is 2. The Labute approximate surface area is 185 Å². The molecule has 4 aliphatic carbocycles. The Morgan fingerprint density at radius 1 is 0.645 bits per heavy atom. The van der Waals surface area contributed by atoms with Crippen LogP contribution < -0.4 is 0 Å². The predicted molar refractivity (Wildman–Crippen MR) is 121 cm³/mol. The van der Waals surface area contributed by atoms with Crippen LogP contribution in [0.4, 0.5) is 0 Å². The third kappa shape index (κ3) is 3.44. The molecule has 0 aromatic rings. The van der Waals surface area contributed by atoms with Crippen LogP contribution in [0, 0.1) is 40.9 Å². The van der Waals surface area contributed by atoms with E-state index < -0.39 is 23.0 Å². The number of carbonyl (C=O) groups excluding carboxylic acids is 2. The molecule has 8 atom stereocenters. The fourth-order valence-corrected chi connectivity index (χ4v) is 5.62. The average Bonchev–Trinajstić information content (AvgIpc) is 3.12. The molecule has 0 amide bonds. The maximum Gasteiger partial charge on any atom is 0.311 e. The van der Waals surface area contributed by atoms with Gasteiger partial charge in [-0.15, -0.1) is 0 Å². The lowest BCUT2D eigenvalue weighted by atomic mass is 9.79. The number of carbonyl (C=O) groups is 2. The van der Waals surface area contributed by atoms with Crippen molar-refractivity contribution in [2.45, 2.75) is 52.7 Å². The second-order valence-electron chi connectivity index (χ2n) is 10.6. The van der Waals surface area contributed by atoms with Crippen molar-refractivity contribution in [3.63, 3.8) is 0 Å². The van der Waals surface area contributed by atoms with Gasteiger partial charge in [0, 0.05) is 11.8 Å². The van der Waals surface area contributed by atoms with Crippen molar-refractivity contribution in [3.8, 4) is 0 Å². The Kier molecular flexibility index (Phi) is 5.19. The molecule has 0 aliphatic heterocycles. The van der Waals surface area contributed by atoms with Crippen LogP contribution in [0.5, 0.6) is 0 Å². The summed E-state index contributed by atoms with van der Waals surface area (Å²) in [6.07, 6.45) is 19.9. The highest BCUT2D eigenvalue weighted by Crippen LogP contribution is 2.60. The highest BCUT2D eigenvalue weighted by Gasteiger charge is 2.63. The molecular weight excluding hydrogens is 388 g/mol. The minimum Gasteiger partial charge on any atom is -0.454 e. The van der Waals surface area contributed by atoms with Gasteiger partial charge in [0.05, 0.1) is 11.8 Å². The zero-order chi connectivity index (χ0) is 22.6. The first-order chi connectivity index (χ1) is 14.5. The molecule has 8 unspecified atom stereocenters. The van der Waals surface area contributed by atoms with Gasteiger partial charge in [-0.05, 0) is 43.3 Å². The third-order valence-corrected chi connectivity index (χ3v) is 8.27. The summed E-state index contributed by atoms with van der Waals surface area (Å²) < 4.78 is 12.2. The van der Waals surface area contributed by atoms with Gasteiger partial charge in [0.1, 0.15) is 11.2 Å². The molecule has 0 heterocycles. The van der Waals surface area contributed by atoms with E-state index in [1.54, 1.807) is 0 Å². The smallest absolute Gasteiger partial charge is 0.311 e. The second kappa shape index (κ2) is 7.36. The number of allylic oxidation sites excluding steroid dienone is 6. The molecule has 2 bridgehead atoms. The van der Waals surface area contributed by atoms with Crippen LogP contribution in [0.25, 0.3) is 0 Å².